The Balaban J connectivity index is 1.85. The number of halogens is 2. The van der Waals surface area contributed by atoms with Gasteiger partial charge >= 0.3 is 0 Å². The lowest BCUT2D eigenvalue weighted by molar-refractivity contribution is -0.122. The molecule has 1 saturated heterocycles. The monoisotopic (exact) mass is 464 g/mol. The highest BCUT2D eigenvalue weighted by molar-refractivity contribution is 9.10. The summed E-state index contributed by atoms with van der Waals surface area (Å²) in [6, 6.07) is 9.77. The molecular formula is C20H18BrFN2O3S. The number of nitrogens with one attached hydrogen (secondary N) is 1. The van der Waals surface area contributed by atoms with Crippen LogP contribution in [0.3, 0.4) is 0 Å². The lowest BCUT2D eigenvalue weighted by atomic mass is 10.1. The molecule has 3 rings (SSSR count). The predicted molar refractivity (Wildman–Crippen MR) is 113 cm³/mol. The third-order valence-corrected chi connectivity index (χ3v) is 5.03. The van der Waals surface area contributed by atoms with Crippen molar-refractivity contribution in [2.75, 3.05) is 13.7 Å². The van der Waals surface area contributed by atoms with Crippen LogP contribution in [0.25, 0.3) is 6.08 Å². The average Bonchev–Trinajstić information content (AvgIpc) is 2.93. The van der Waals surface area contributed by atoms with E-state index in [4.69, 9.17) is 21.7 Å². The second kappa shape index (κ2) is 8.70. The number of methoxy groups -OCH3 is 1. The van der Waals surface area contributed by atoms with E-state index in [0.29, 0.717) is 38.9 Å². The van der Waals surface area contributed by atoms with Crippen molar-refractivity contribution in [2.24, 2.45) is 0 Å². The summed E-state index contributed by atoms with van der Waals surface area (Å²) in [5, 5.41) is 3.31. The number of carbonyl (C=O) groups excluding carboxylic acids is 1. The third-order valence-electron chi connectivity index (χ3n) is 4.11. The van der Waals surface area contributed by atoms with Gasteiger partial charge in [-0.05, 0) is 76.5 Å². The lowest BCUT2D eigenvalue weighted by Crippen LogP contribution is -2.30. The molecule has 1 amide bonds. The minimum atomic E-state index is -0.318. The predicted octanol–water partition coefficient (Wildman–Crippen LogP) is 4.25. The number of thiocarbonyl (C=S) groups is 1. The number of amides is 1. The lowest BCUT2D eigenvalue weighted by Gasteiger charge is -2.14. The Kier molecular flexibility index (Phi) is 6.31. The van der Waals surface area contributed by atoms with E-state index in [1.54, 1.807) is 24.3 Å². The first-order valence-electron chi connectivity index (χ1n) is 8.52. The molecule has 1 heterocycles. The number of likely N-dealkylation sites (N-methyl/N-ethyl adjacent to an activating group) is 1. The van der Waals surface area contributed by atoms with Crippen LogP contribution in [0.5, 0.6) is 11.5 Å². The first-order valence-corrected chi connectivity index (χ1v) is 9.72. The van der Waals surface area contributed by atoms with Gasteiger partial charge in [-0.15, -0.1) is 0 Å². The summed E-state index contributed by atoms with van der Waals surface area (Å²) in [5.74, 6) is 0.485. The van der Waals surface area contributed by atoms with Gasteiger partial charge in [0, 0.05) is 6.54 Å². The van der Waals surface area contributed by atoms with Crippen LogP contribution < -0.4 is 14.8 Å². The van der Waals surface area contributed by atoms with Gasteiger partial charge in [-0.1, -0.05) is 12.1 Å². The molecule has 8 heteroatoms. The van der Waals surface area contributed by atoms with Crippen molar-refractivity contribution in [3.8, 4) is 11.5 Å². The van der Waals surface area contributed by atoms with Gasteiger partial charge in [-0.3, -0.25) is 9.69 Å². The molecular weight excluding hydrogens is 447 g/mol. The van der Waals surface area contributed by atoms with Gasteiger partial charge in [-0.25, -0.2) is 4.39 Å². The Hall–Kier alpha value is -2.45. The zero-order chi connectivity index (χ0) is 20.3. The summed E-state index contributed by atoms with van der Waals surface area (Å²) in [4.78, 5) is 13.8. The van der Waals surface area contributed by atoms with Crippen molar-refractivity contribution >= 4 is 45.2 Å². The molecule has 2 aromatic carbocycles. The highest BCUT2D eigenvalue weighted by Crippen LogP contribution is 2.38. The normalized spacial score (nSPS) is 15.1. The standard InChI is InChI=1S/C20H18BrFN2O3S/c1-3-24-19(25)16(23-20(24)28)9-13-8-15(21)18(17(10-13)26-2)27-11-12-5-4-6-14(22)7-12/h4-10H,3,11H2,1-2H3,(H,23,28). The van der Waals surface area contributed by atoms with Crippen molar-refractivity contribution in [1.29, 1.82) is 0 Å². The van der Waals surface area contributed by atoms with Gasteiger partial charge < -0.3 is 14.8 Å². The fraction of sp³-hybridized carbons (Fsp3) is 0.200. The summed E-state index contributed by atoms with van der Waals surface area (Å²) < 4.78 is 25.2. The molecule has 0 aliphatic carbocycles. The molecule has 1 aliphatic rings. The Bertz CT molecular complexity index is 964. The molecule has 1 fully saturated rings. The molecule has 0 spiro atoms. The zero-order valence-electron chi connectivity index (χ0n) is 15.3. The van der Waals surface area contributed by atoms with Gasteiger partial charge in [0.25, 0.3) is 5.91 Å². The highest BCUT2D eigenvalue weighted by Gasteiger charge is 2.29. The van der Waals surface area contributed by atoms with Gasteiger partial charge in [0.15, 0.2) is 16.6 Å². The number of nitrogens with zero attached hydrogens (tertiary/aromatic N) is 1. The van der Waals surface area contributed by atoms with E-state index in [9.17, 15) is 9.18 Å². The smallest absolute Gasteiger partial charge is 0.276 e. The summed E-state index contributed by atoms with van der Waals surface area (Å²) in [6.45, 7) is 2.55. The third kappa shape index (κ3) is 4.34. The van der Waals surface area contributed by atoms with Gasteiger partial charge in [0.05, 0.1) is 11.6 Å². The molecule has 0 radical (unpaired) electrons. The maximum absolute atomic E-state index is 13.3. The molecule has 1 aliphatic heterocycles. The molecule has 0 unspecified atom stereocenters. The zero-order valence-corrected chi connectivity index (χ0v) is 17.7. The van der Waals surface area contributed by atoms with Crippen molar-refractivity contribution in [2.45, 2.75) is 13.5 Å². The number of ether oxygens (including phenoxy) is 2. The van der Waals surface area contributed by atoms with Crippen molar-refractivity contribution in [3.05, 3.63) is 63.5 Å². The Morgan fingerprint density at radius 2 is 2.11 bits per heavy atom. The maximum atomic E-state index is 13.3. The van der Waals surface area contributed by atoms with Crippen LogP contribution in [0.15, 0.2) is 46.6 Å². The molecule has 1 N–H and O–H groups in total. The maximum Gasteiger partial charge on any atom is 0.276 e. The molecule has 2 aromatic rings. The van der Waals surface area contributed by atoms with Crippen LogP contribution in [0.1, 0.15) is 18.1 Å². The van der Waals surface area contributed by atoms with Crippen LogP contribution in [0, 0.1) is 5.82 Å². The molecule has 0 saturated carbocycles. The molecule has 0 aromatic heterocycles. The Morgan fingerprint density at radius 1 is 1.32 bits per heavy atom. The van der Waals surface area contributed by atoms with E-state index >= 15 is 0 Å². The number of rotatable bonds is 6. The second-order valence-electron chi connectivity index (χ2n) is 5.99. The van der Waals surface area contributed by atoms with Gasteiger partial charge in [0.2, 0.25) is 0 Å². The summed E-state index contributed by atoms with van der Waals surface area (Å²) in [6.07, 6.45) is 1.70. The second-order valence-corrected chi connectivity index (χ2v) is 7.23. The Morgan fingerprint density at radius 3 is 2.75 bits per heavy atom. The number of benzene rings is 2. The first-order chi connectivity index (χ1) is 13.4. The Labute approximate surface area is 176 Å². The molecule has 5 nitrogen and oxygen atoms in total. The first kappa shape index (κ1) is 20.3. The number of hydrogen-bond donors (Lipinski definition) is 1. The minimum absolute atomic E-state index is 0.172. The van der Waals surface area contributed by atoms with Crippen molar-refractivity contribution in [3.63, 3.8) is 0 Å². The van der Waals surface area contributed by atoms with E-state index in [-0.39, 0.29) is 18.3 Å². The summed E-state index contributed by atoms with van der Waals surface area (Å²) >= 11 is 8.65. The number of hydrogen-bond acceptors (Lipinski definition) is 4. The minimum Gasteiger partial charge on any atom is -0.493 e. The largest absolute Gasteiger partial charge is 0.493 e. The van der Waals surface area contributed by atoms with E-state index < -0.39 is 0 Å². The van der Waals surface area contributed by atoms with Crippen LogP contribution in [-0.4, -0.2) is 29.6 Å². The number of carbonyl (C=O) groups is 1. The van der Waals surface area contributed by atoms with Gasteiger partial charge in [-0.2, -0.15) is 0 Å². The van der Waals surface area contributed by atoms with Crippen molar-refractivity contribution in [1.82, 2.24) is 10.2 Å². The summed E-state index contributed by atoms with van der Waals surface area (Å²) in [7, 11) is 1.53. The fourth-order valence-corrected chi connectivity index (χ4v) is 3.67. The van der Waals surface area contributed by atoms with E-state index in [1.807, 2.05) is 13.0 Å². The van der Waals surface area contributed by atoms with Crippen LogP contribution in [0.2, 0.25) is 0 Å². The highest BCUT2D eigenvalue weighted by atomic mass is 79.9. The van der Waals surface area contributed by atoms with E-state index in [1.165, 1.54) is 24.1 Å². The van der Waals surface area contributed by atoms with E-state index in [0.717, 1.165) is 5.56 Å². The van der Waals surface area contributed by atoms with Gasteiger partial charge in [0.1, 0.15) is 18.1 Å². The van der Waals surface area contributed by atoms with Crippen LogP contribution in [-0.2, 0) is 11.4 Å². The molecule has 0 atom stereocenters. The quantitative estimate of drug-likeness (QED) is 0.511. The fourth-order valence-electron chi connectivity index (χ4n) is 2.77. The summed E-state index contributed by atoms with van der Waals surface area (Å²) in [5.41, 5.74) is 1.83. The molecule has 28 heavy (non-hydrogen) atoms. The SMILES string of the molecule is CCN1C(=O)C(=Cc2cc(Br)c(OCc3cccc(F)c3)c(OC)c2)NC1=S. The van der Waals surface area contributed by atoms with Crippen LogP contribution in [0.4, 0.5) is 4.39 Å². The topological polar surface area (TPSA) is 50.8 Å². The van der Waals surface area contributed by atoms with E-state index in [2.05, 4.69) is 21.2 Å². The molecule has 0 bridgehead atoms. The average molecular weight is 465 g/mol. The van der Waals surface area contributed by atoms with Crippen LogP contribution >= 0.6 is 28.1 Å². The van der Waals surface area contributed by atoms with Crippen molar-refractivity contribution < 1.29 is 18.7 Å². The molecule has 146 valence electrons.